The van der Waals surface area contributed by atoms with Crippen molar-refractivity contribution in [1.29, 1.82) is 0 Å². The third-order valence-electron chi connectivity index (χ3n) is 4.05. The Morgan fingerprint density at radius 3 is 2.47 bits per heavy atom. The molecule has 1 aliphatic carbocycles. The second-order valence-corrected chi connectivity index (χ2v) is 4.97. The molecule has 1 saturated carbocycles. The van der Waals surface area contributed by atoms with Crippen LogP contribution in [0.3, 0.4) is 0 Å². The highest BCUT2D eigenvalue weighted by Gasteiger charge is 2.25. The summed E-state index contributed by atoms with van der Waals surface area (Å²) in [6.45, 7) is 7.19. The van der Waals surface area contributed by atoms with Gasteiger partial charge < -0.3 is 10.4 Å². The maximum absolute atomic E-state index is 9.21. The van der Waals surface area contributed by atoms with Crippen LogP contribution in [0, 0.1) is 17.8 Å². The normalized spacial score (nSPS) is 26.4. The highest BCUT2D eigenvalue weighted by atomic mass is 16.3. The SMILES string of the molecule is CCC(CC)CNCC1CCCC1CO. The maximum atomic E-state index is 9.21. The zero-order valence-electron chi connectivity index (χ0n) is 10.3. The van der Waals surface area contributed by atoms with Crippen LogP contribution in [-0.4, -0.2) is 24.8 Å². The lowest BCUT2D eigenvalue weighted by Gasteiger charge is -2.20. The first kappa shape index (κ1) is 13.0. The number of hydrogen-bond acceptors (Lipinski definition) is 2. The topological polar surface area (TPSA) is 32.3 Å². The van der Waals surface area contributed by atoms with Gasteiger partial charge in [0.05, 0.1) is 0 Å². The Kier molecular flexibility index (Phi) is 6.26. The highest BCUT2D eigenvalue weighted by molar-refractivity contribution is 4.78. The number of aliphatic hydroxyl groups is 1. The monoisotopic (exact) mass is 213 g/mol. The molecule has 2 N–H and O–H groups in total. The molecule has 2 nitrogen and oxygen atoms in total. The summed E-state index contributed by atoms with van der Waals surface area (Å²) >= 11 is 0. The smallest absolute Gasteiger partial charge is 0.0462 e. The molecule has 0 aromatic carbocycles. The van der Waals surface area contributed by atoms with E-state index in [1.165, 1.54) is 32.1 Å². The quantitative estimate of drug-likeness (QED) is 0.681. The molecule has 0 spiro atoms. The van der Waals surface area contributed by atoms with E-state index in [1.807, 2.05) is 0 Å². The fraction of sp³-hybridized carbons (Fsp3) is 1.00. The summed E-state index contributed by atoms with van der Waals surface area (Å²) in [5, 5.41) is 12.8. The molecule has 0 aliphatic heterocycles. The molecule has 0 aromatic heterocycles. The third-order valence-corrected chi connectivity index (χ3v) is 4.05. The van der Waals surface area contributed by atoms with Crippen LogP contribution < -0.4 is 5.32 Å². The van der Waals surface area contributed by atoms with Crippen molar-refractivity contribution in [2.24, 2.45) is 17.8 Å². The second-order valence-electron chi connectivity index (χ2n) is 4.97. The van der Waals surface area contributed by atoms with Gasteiger partial charge in [-0.25, -0.2) is 0 Å². The molecule has 2 unspecified atom stereocenters. The highest BCUT2D eigenvalue weighted by Crippen LogP contribution is 2.30. The molecule has 2 atom stereocenters. The van der Waals surface area contributed by atoms with E-state index in [1.54, 1.807) is 0 Å². The van der Waals surface area contributed by atoms with Crippen molar-refractivity contribution in [3.63, 3.8) is 0 Å². The lowest BCUT2D eigenvalue weighted by molar-refractivity contribution is 0.191. The van der Waals surface area contributed by atoms with Gasteiger partial charge in [0, 0.05) is 6.61 Å². The number of aliphatic hydroxyl groups excluding tert-OH is 1. The molecule has 0 saturated heterocycles. The second kappa shape index (κ2) is 7.24. The fourth-order valence-corrected chi connectivity index (χ4v) is 2.67. The van der Waals surface area contributed by atoms with Crippen molar-refractivity contribution in [3.8, 4) is 0 Å². The first-order chi connectivity index (χ1) is 7.31. The van der Waals surface area contributed by atoms with Gasteiger partial charge in [0.1, 0.15) is 0 Å². The van der Waals surface area contributed by atoms with E-state index in [0.29, 0.717) is 12.5 Å². The number of nitrogens with one attached hydrogen (secondary N) is 1. The van der Waals surface area contributed by atoms with Crippen LogP contribution in [-0.2, 0) is 0 Å². The van der Waals surface area contributed by atoms with Gasteiger partial charge >= 0.3 is 0 Å². The Morgan fingerprint density at radius 1 is 1.20 bits per heavy atom. The van der Waals surface area contributed by atoms with Gasteiger partial charge in [-0.15, -0.1) is 0 Å². The van der Waals surface area contributed by atoms with E-state index < -0.39 is 0 Å². The van der Waals surface area contributed by atoms with Gasteiger partial charge in [-0.3, -0.25) is 0 Å². The standard InChI is InChI=1S/C13H27NO/c1-3-11(4-2)8-14-9-12-6-5-7-13(12)10-15/h11-15H,3-10H2,1-2H3. The largest absolute Gasteiger partial charge is 0.396 e. The van der Waals surface area contributed by atoms with Crippen LogP contribution in [0.15, 0.2) is 0 Å². The summed E-state index contributed by atoms with van der Waals surface area (Å²) in [6.07, 6.45) is 6.40. The van der Waals surface area contributed by atoms with Crippen molar-refractivity contribution in [2.45, 2.75) is 46.0 Å². The van der Waals surface area contributed by atoms with Crippen molar-refractivity contribution in [3.05, 3.63) is 0 Å². The molecule has 1 fully saturated rings. The molecule has 0 bridgehead atoms. The van der Waals surface area contributed by atoms with Crippen LogP contribution in [0.25, 0.3) is 0 Å². The predicted octanol–water partition coefficient (Wildman–Crippen LogP) is 2.42. The van der Waals surface area contributed by atoms with Crippen LogP contribution in [0.1, 0.15) is 46.0 Å². The van der Waals surface area contributed by atoms with Gasteiger partial charge in [0.2, 0.25) is 0 Å². The maximum Gasteiger partial charge on any atom is 0.0462 e. The lowest BCUT2D eigenvalue weighted by Crippen LogP contribution is -2.30. The summed E-state index contributed by atoms with van der Waals surface area (Å²) in [5.41, 5.74) is 0. The minimum absolute atomic E-state index is 0.386. The average Bonchev–Trinajstić information content (AvgIpc) is 2.72. The Bertz CT molecular complexity index is 157. The van der Waals surface area contributed by atoms with Gasteiger partial charge in [-0.1, -0.05) is 33.1 Å². The molecule has 0 heterocycles. The van der Waals surface area contributed by atoms with E-state index in [2.05, 4.69) is 19.2 Å². The fourth-order valence-electron chi connectivity index (χ4n) is 2.67. The first-order valence-electron chi connectivity index (χ1n) is 6.63. The van der Waals surface area contributed by atoms with Crippen molar-refractivity contribution >= 4 is 0 Å². The third kappa shape index (κ3) is 4.12. The van der Waals surface area contributed by atoms with Gasteiger partial charge in [0.25, 0.3) is 0 Å². The number of hydrogen-bond donors (Lipinski definition) is 2. The zero-order valence-corrected chi connectivity index (χ0v) is 10.3. The van der Waals surface area contributed by atoms with Crippen molar-refractivity contribution in [1.82, 2.24) is 5.32 Å². The van der Waals surface area contributed by atoms with Gasteiger partial charge in [0.15, 0.2) is 0 Å². The lowest BCUT2D eigenvalue weighted by atomic mass is 9.96. The van der Waals surface area contributed by atoms with E-state index in [9.17, 15) is 5.11 Å². The summed E-state index contributed by atoms with van der Waals surface area (Å²) in [7, 11) is 0. The molecule has 0 amide bonds. The zero-order chi connectivity index (χ0) is 11.1. The minimum atomic E-state index is 0.386. The van der Waals surface area contributed by atoms with E-state index in [-0.39, 0.29) is 0 Å². The summed E-state index contributed by atoms with van der Waals surface area (Å²) in [5.74, 6) is 2.13. The van der Waals surface area contributed by atoms with Crippen LogP contribution in [0.2, 0.25) is 0 Å². The summed E-state index contributed by atoms with van der Waals surface area (Å²) in [4.78, 5) is 0. The molecular weight excluding hydrogens is 186 g/mol. The van der Waals surface area contributed by atoms with Gasteiger partial charge in [-0.2, -0.15) is 0 Å². The Balaban J connectivity index is 2.13. The molecular formula is C13H27NO. The van der Waals surface area contributed by atoms with E-state index in [4.69, 9.17) is 0 Å². The van der Waals surface area contributed by atoms with Crippen LogP contribution >= 0.6 is 0 Å². The molecule has 1 aliphatic rings. The average molecular weight is 213 g/mol. The molecule has 90 valence electrons. The minimum Gasteiger partial charge on any atom is -0.396 e. The van der Waals surface area contributed by atoms with E-state index >= 15 is 0 Å². The Hall–Kier alpha value is -0.0800. The number of rotatable bonds is 7. The predicted molar refractivity (Wildman–Crippen MR) is 64.9 cm³/mol. The Morgan fingerprint density at radius 2 is 1.87 bits per heavy atom. The van der Waals surface area contributed by atoms with Gasteiger partial charge in [-0.05, 0) is 43.7 Å². The van der Waals surface area contributed by atoms with Crippen LogP contribution in [0.5, 0.6) is 0 Å². The molecule has 15 heavy (non-hydrogen) atoms. The molecule has 0 aromatic rings. The molecule has 1 rings (SSSR count). The summed E-state index contributed by atoms with van der Waals surface area (Å²) in [6, 6.07) is 0. The van der Waals surface area contributed by atoms with Crippen LogP contribution in [0.4, 0.5) is 0 Å². The van der Waals surface area contributed by atoms with Crippen molar-refractivity contribution in [2.75, 3.05) is 19.7 Å². The summed E-state index contributed by atoms with van der Waals surface area (Å²) < 4.78 is 0. The van der Waals surface area contributed by atoms with Crippen molar-refractivity contribution < 1.29 is 5.11 Å². The molecule has 0 radical (unpaired) electrons. The Labute approximate surface area is 94.5 Å². The van der Waals surface area contributed by atoms with E-state index in [0.717, 1.165) is 24.9 Å². The molecule has 2 heteroatoms. The first-order valence-corrected chi connectivity index (χ1v) is 6.63.